The highest BCUT2D eigenvalue weighted by molar-refractivity contribution is 7.13. The first kappa shape index (κ1) is 19.1. The van der Waals surface area contributed by atoms with Crippen molar-refractivity contribution in [2.45, 2.75) is 38.6 Å². The summed E-state index contributed by atoms with van der Waals surface area (Å²) in [6, 6.07) is -1.13. The van der Waals surface area contributed by atoms with Crippen LogP contribution in [0.2, 0.25) is 0 Å². The topological polar surface area (TPSA) is 128 Å². The Morgan fingerprint density at radius 2 is 2.16 bits per heavy atom. The lowest BCUT2D eigenvalue weighted by atomic mass is 9.99. The van der Waals surface area contributed by atoms with E-state index in [0.29, 0.717) is 5.13 Å². The number of carbonyl (C=O) groups is 2. The fourth-order valence-corrected chi connectivity index (χ4v) is 2.63. The molecule has 2 rings (SSSR count). The summed E-state index contributed by atoms with van der Waals surface area (Å²) in [6.45, 7) is 5.09. The number of ether oxygens (including phenoxy) is 1. The molecule has 1 aromatic rings. The van der Waals surface area contributed by atoms with Gasteiger partial charge in [-0.1, -0.05) is 5.16 Å². The lowest BCUT2D eigenvalue weighted by Gasteiger charge is -2.46. The van der Waals surface area contributed by atoms with Crippen molar-refractivity contribution < 1.29 is 24.0 Å². The van der Waals surface area contributed by atoms with Gasteiger partial charge in [-0.25, -0.2) is 14.9 Å². The molecule has 1 saturated heterocycles. The molecule has 2 amide bonds. The molecular weight excluding hydrogens is 350 g/mol. The number of carbonyl (C=O) groups excluding carboxylic acids is 2. The Bertz CT molecular complexity index is 689. The van der Waals surface area contributed by atoms with E-state index in [1.165, 1.54) is 30.6 Å². The van der Waals surface area contributed by atoms with E-state index in [1.807, 2.05) is 0 Å². The molecule has 25 heavy (non-hydrogen) atoms. The van der Waals surface area contributed by atoms with Crippen LogP contribution in [-0.2, 0) is 24.0 Å². The summed E-state index contributed by atoms with van der Waals surface area (Å²) < 4.78 is 5.13. The average Bonchev–Trinajstić information content (AvgIpc) is 3.01. The molecule has 0 aromatic carbocycles. The molecule has 1 fully saturated rings. The molecule has 0 spiro atoms. The van der Waals surface area contributed by atoms with Crippen molar-refractivity contribution in [3.8, 4) is 0 Å². The number of hydrogen-bond donors (Lipinski definition) is 2. The summed E-state index contributed by atoms with van der Waals surface area (Å²) in [4.78, 5) is 38.9. The Morgan fingerprint density at radius 1 is 1.48 bits per heavy atom. The molecule has 138 valence electrons. The van der Waals surface area contributed by atoms with Crippen LogP contribution in [-0.4, -0.2) is 59.7 Å². The molecule has 10 nitrogen and oxygen atoms in total. The van der Waals surface area contributed by atoms with Gasteiger partial charge in [-0.2, -0.15) is 0 Å². The van der Waals surface area contributed by atoms with Crippen molar-refractivity contribution in [2.24, 2.45) is 5.16 Å². The van der Waals surface area contributed by atoms with E-state index in [1.54, 1.807) is 26.2 Å². The van der Waals surface area contributed by atoms with Gasteiger partial charge in [0.25, 0.3) is 11.8 Å². The first-order valence-corrected chi connectivity index (χ1v) is 8.29. The van der Waals surface area contributed by atoms with Gasteiger partial charge in [-0.3, -0.25) is 9.59 Å². The van der Waals surface area contributed by atoms with Crippen LogP contribution >= 0.6 is 11.3 Å². The van der Waals surface area contributed by atoms with E-state index in [0.717, 1.165) is 0 Å². The van der Waals surface area contributed by atoms with Gasteiger partial charge in [0.05, 0.1) is 6.04 Å². The van der Waals surface area contributed by atoms with E-state index in [2.05, 4.69) is 15.5 Å². The highest BCUT2D eigenvalue weighted by Crippen LogP contribution is 2.25. The zero-order chi connectivity index (χ0) is 18.8. The SMILES string of the molecule is CON=C(C(=O)N[C@@H]1C(=O)N(OC(C)(C)OC)[C@H]1C)c1csc(N)n1. The Balaban J connectivity index is 2.05. The summed E-state index contributed by atoms with van der Waals surface area (Å²) >= 11 is 1.17. The van der Waals surface area contributed by atoms with Gasteiger partial charge in [0.2, 0.25) is 0 Å². The molecule has 3 N–H and O–H groups in total. The smallest absolute Gasteiger partial charge is 0.276 e. The standard InChI is InChI=1S/C14H21N5O5S/c1-7-9(12(21)19(7)24-14(2,3)22-4)17-11(20)10(18-23-5)8-6-25-13(15)16-8/h6-7,9H,1-5H3,(H2,15,16)(H,17,20)/t7-,9-/m0/s1. The highest BCUT2D eigenvalue weighted by Gasteiger charge is 2.49. The minimum atomic E-state index is -0.959. The zero-order valence-electron chi connectivity index (χ0n) is 14.6. The van der Waals surface area contributed by atoms with Crippen molar-refractivity contribution in [1.29, 1.82) is 0 Å². The number of thiazole rings is 1. The van der Waals surface area contributed by atoms with Crippen LogP contribution in [0.4, 0.5) is 5.13 Å². The fraction of sp³-hybridized carbons (Fsp3) is 0.571. The number of amides is 2. The summed E-state index contributed by atoms with van der Waals surface area (Å²) in [6.07, 6.45) is 0. The number of nitrogens with two attached hydrogens (primary N) is 1. The monoisotopic (exact) mass is 371 g/mol. The Kier molecular flexibility index (Phi) is 5.60. The first-order chi connectivity index (χ1) is 11.7. The van der Waals surface area contributed by atoms with E-state index < -0.39 is 17.7 Å². The second-order valence-electron chi connectivity index (χ2n) is 5.74. The molecule has 1 aliphatic heterocycles. The molecule has 0 unspecified atom stereocenters. The predicted octanol–water partition coefficient (Wildman–Crippen LogP) is 0.105. The molecule has 1 aromatic heterocycles. The van der Waals surface area contributed by atoms with Crippen molar-refractivity contribution in [1.82, 2.24) is 15.4 Å². The third-order valence-corrected chi connectivity index (χ3v) is 4.27. The van der Waals surface area contributed by atoms with Crippen molar-refractivity contribution in [3.05, 3.63) is 11.1 Å². The van der Waals surface area contributed by atoms with Crippen LogP contribution in [0, 0.1) is 0 Å². The lowest BCUT2D eigenvalue weighted by Crippen LogP contribution is -2.71. The van der Waals surface area contributed by atoms with Crippen LogP contribution in [0.15, 0.2) is 10.5 Å². The van der Waals surface area contributed by atoms with Gasteiger partial charge in [0.15, 0.2) is 16.6 Å². The van der Waals surface area contributed by atoms with Gasteiger partial charge in [0.1, 0.15) is 18.8 Å². The van der Waals surface area contributed by atoms with Crippen molar-refractivity contribution in [2.75, 3.05) is 20.0 Å². The normalized spacial score (nSPS) is 21.1. The number of nitrogens with zero attached hydrogens (tertiary/aromatic N) is 3. The van der Waals surface area contributed by atoms with Crippen LogP contribution in [0.5, 0.6) is 0 Å². The third-order valence-electron chi connectivity index (χ3n) is 3.59. The number of hydrogen-bond acceptors (Lipinski definition) is 9. The molecule has 0 saturated carbocycles. The van der Waals surface area contributed by atoms with Crippen molar-refractivity contribution >= 4 is 34.0 Å². The maximum absolute atomic E-state index is 12.5. The molecule has 0 radical (unpaired) electrons. The van der Waals surface area contributed by atoms with Crippen LogP contribution in [0.3, 0.4) is 0 Å². The molecular formula is C14H21N5O5S. The molecule has 2 atom stereocenters. The zero-order valence-corrected chi connectivity index (χ0v) is 15.4. The summed E-state index contributed by atoms with van der Waals surface area (Å²) in [5, 5.41) is 9.32. The minimum absolute atomic E-state index is 0.0629. The number of β-lactam (4-membered cyclic amide) rings is 1. The summed E-state index contributed by atoms with van der Waals surface area (Å²) in [5.41, 5.74) is 5.79. The first-order valence-electron chi connectivity index (χ1n) is 7.41. The van der Waals surface area contributed by atoms with Gasteiger partial charge in [-0.15, -0.1) is 11.3 Å². The van der Waals surface area contributed by atoms with Gasteiger partial charge >= 0.3 is 0 Å². The molecule has 11 heteroatoms. The van der Waals surface area contributed by atoms with Crippen LogP contribution < -0.4 is 11.1 Å². The summed E-state index contributed by atoms with van der Waals surface area (Å²) in [5.74, 6) is -1.94. The Morgan fingerprint density at radius 3 is 2.64 bits per heavy atom. The fourth-order valence-electron chi connectivity index (χ4n) is 2.08. The molecule has 1 aliphatic rings. The van der Waals surface area contributed by atoms with Gasteiger partial charge in [-0.05, 0) is 20.8 Å². The summed E-state index contributed by atoms with van der Waals surface area (Å²) in [7, 11) is 2.78. The largest absolute Gasteiger partial charge is 0.398 e. The molecule has 0 bridgehead atoms. The number of methoxy groups -OCH3 is 1. The average molecular weight is 371 g/mol. The van der Waals surface area contributed by atoms with Gasteiger partial charge in [0, 0.05) is 12.5 Å². The van der Waals surface area contributed by atoms with E-state index >= 15 is 0 Å². The number of nitrogens with one attached hydrogen (secondary N) is 1. The number of oxime groups is 1. The number of anilines is 1. The maximum Gasteiger partial charge on any atom is 0.276 e. The highest BCUT2D eigenvalue weighted by atomic mass is 32.1. The number of nitrogen functional groups attached to an aromatic ring is 1. The Labute approximate surface area is 148 Å². The quantitative estimate of drug-likeness (QED) is 0.301. The Hall–Kier alpha value is -2.24. The number of rotatable bonds is 7. The van der Waals surface area contributed by atoms with E-state index in [9.17, 15) is 9.59 Å². The van der Waals surface area contributed by atoms with Crippen LogP contribution in [0.1, 0.15) is 26.5 Å². The number of hydroxylamine groups is 2. The van der Waals surface area contributed by atoms with E-state index in [-0.39, 0.29) is 23.4 Å². The minimum Gasteiger partial charge on any atom is -0.398 e. The molecule has 2 heterocycles. The lowest BCUT2D eigenvalue weighted by molar-refractivity contribution is -0.338. The molecule has 0 aliphatic carbocycles. The van der Waals surface area contributed by atoms with Gasteiger partial charge < -0.3 is 20.6 Å². The second kappa shape index (κ2) is 7.33. The van der Waals surface area contributed by atoms with Crippen molar-refractivity contribution in [3.63, 3.8) is 0 Å². The van der Waals surface area contributed by atoms with Crippen LogP contribution in [0.25, 0.3) is 0 Å². The third kappa shape index (κ3) is 4.06. The second-order valence-corrected chi connectivity index (χ2v) is 6.63. The predicted molar refractivity (Wildman–Crippen MR) is 90.5 cm³/mol. The van der Waals surface area contributed by atoms with E-state index in [4.69, 9.17) is 20.1 Å². The maximum atomic E-state index is 12.5. The number of aromatic nitrogens is 1.